The van der Waals surface area contributed by atoms with Crippen LogP contribution in [0.2, 0.25) is 0 Å². The van der Waals surface area contributed by atoms with Crippen LogP contribution < -0.4 is 0 Å². The smallest absolute Gasteiger partial charge is 0.300 e. The van der Waals surface area contributed by atoms with Gasteiger partial charge in [-0.25, -0.2) is 0 Å². The van der Waals surface area contributed by atoms with E-state index in [1.54, 1.807) is 0 Å². The van der Waals surface area contributed by atoms with Crippen molar-refractivity contribution < 1.29 is 19.8 Å². The minimum Gasteiger partial charge on any atom is -0.481 e. The molecule has 1 aromatic carbocycles. The highest BCUT2D eigenvalue weighted by atomic mass is 127. The maximum absolute atomic E-state index is 9.00. The zero-order valence-electron chi connectivity index (χ0n) is 12.0. The van der Waals surface area contributed by atoms with E-state index in [4.69, 9.17) is 19.8 Å². The largest absolute Gasteiger partial charge is 0.481 e. The molecule has 0 fully saturated rings. The van der Waals surface area contributed by atoms with Crippen molar-refractivity contribution in [2.45, 2.75) is 39.0 Å². The monoisotopic (exact) mass is 380 g/mol. The van der Waals surface area contributed by atoms with Gasteiger partial charge in [0.2, 0.25) is 0 Å². The van der Waals surface area contributed by atoms with Crippen LogP contribution in [0, 0.1) is 20.8 Å². The molecule has 0 unspecified atom stereocenters. The van der Waals surface area contributed by atoms with Gasteiger partial charge in [-0.2, -0.15) is 0 Å². The second-order valence-electron chi connectivity index (χ2n) is 4.03. The van der Waals surface area contributed by atoms with Gasteiger partial charge in [0.05, 0.1) is 0 Å². The molecule has 0 aliphatic heterocycles. The van der Waals surface area contributed by atoms with Crippen LogP contribution >= 0.6 is 22.6 Å². The molecule has 0 bridgehead atoms. The Balaban J connectivity index is 0. The highest BCUT2D eigenvalue weighted by molar-refractivity contribution is 14.1. The first-order valence-corrected chi connectivity index (χ1v) is 7.16. The summed E-state index contributed by atoms with van der Waals surface area (Å²) >= 11 is 2.41. The molecule has 0 aliphatic carbocycles. The van der Waals surface area contributed by atoms with Gasteiger partial charge < -0.3 is 10.2 Å². The highest BCUT2D eigenvalue weighted by Gasteiger charge is 1.98. The fraction of sp³-hybridized carbons (Fsp3) is 0.429. The first-order chi connectivity index (χ1) is 8.61. The lowest BCUT2D eigenvalue weighted by Gasteiger charge is -2.06. The Hall–Kier alpha value is -1.11. The van der Waals surface area contributed by atoms with Crippen molar-refractivity contribution in [2.75, 3.05) is 0 Å². The molecule has 0 radical (unpaired) electrons. The Morgan fingerprint density at radius 1 is 0.947 bits per heavy atom. The third-order valence-electron chi connectivity index (χ3n) is 2.10. The molecule has 0 saturated carbocycles. The maximum atomic E-state index is 9.00. The van der Waals surface area contributed by atoms with E-state index < -0.39 is 11.9 Å². The van der Waals surface area contributed by atoms with Crippen LogP contribution in [0.25, 0.3) is 0 Å². The summed E-state index contributed by atoms with van der Waals surface area (Å²) in [5, 5.41) is 14.8. The number of carboxylic acids is 2. The molecular formula is C14H21IO4. The summed E-state index contributed by atoms with van der Waals surface area (Å²) in [6, 6.07) is 4.56. The van der Waals surface area contributed by atoms with Gasteiger partial charge in [0.25, 0.3) is 11.9 Å². The third kappa shape index (κ3) is 13.1. The molecular weight excluding hydrogens is 359 g/mol. The Bertz CT molecular complexity index is 408. The molecule has 0 aliphatic rings. The average molecular weight is 380 g/mol. The quantitative estimate of drug-likeness (QED) is 0.575. The number of carboxylic acid groups (broad SMARTS) is 2. The number of aryl methyl sites for hydroxylation is 3. The third-order valence-corrected chi connectivity index (χ3v) is 2.92. The average Bonchev–Trinajstić information content (AvgIpc) is 2.21. The van der Waals surface area contributed by atoms with Crippen molar-refractivity contribution in [1.82, 2.24) is 0 Å². The number of halogens is 1. The predicted octanol–water partition coefficient (Wildman–Crippen LogP) is 3.73. The fourth-order valence-electron chi connectivity index (χ4n) is 1.16. The summed E-state index contributed by atoms with van der Waals surface area (Å²) in [5.74, 6) is -1.67. The van der Waals surface area contributed by atoms with Gasteiger partial charge in [-0.05, 0) is 43.0 Å². The highest BCUT2D eigenvalue weighted by Crippen LogP contribution is 2.17. The van der Waals surface area contributed by atoms with Crippen LogP contribution in [0.3, 0.4) is 0 Å². The van der Waals surface area contributed by atoms with Gasteiger partial charge in [0.15, 0.2) is 0 Å². The van der Waals surface area contributed by atoms with Gasteiger partial charge in [-0.15, -0.1) is 0 Å². The summed E-state index contributed by atoms with van der Waals surface area (Å²) in [5.41, 5.74) is 5.69. The summed E-state index contributed by atoms with van der Waals surface area (Å²) in [4.78, 5) is 18.0. The number of aliphatic carboxylic acids is 2. The minimum absolute atomic E-state index is 0.833. The van der Waals surface area contributed by atoms with Crippen LogP contribution in [-0.2, 0) is 14.0 Å². The number of carbonyl (C=O) groups is 2. The van der Waals surface area contributed by atoms with Crippen LogP contribution in [-0.4, -0.2) is 22.2 Å². The molecule has 0 heterocycles. The summed E-state index contributed by atoms with van der Waals surface area (Å²) in [6.07, 6.45) is 0. The van der Waals surface area contributed by atoms with Crippen molar-refractivity contribution in [3.8, 4) is 0 Å². The number of rotatable bonds is 1. The number of hydrogen-bond acceptors (Lipinski definition) is 2. The SMILES string of the molecule is CC(=O)O.CC(=O)O.Cc1cc(C)c(CI)cc1C. The Labute approximate surface area is 128 Å². The second kappa shape index (κ2) is 10.8. The molecule has 1 aromatic rings. The lowest BCUT2D eigenvalue weighted by atomic mass is 10.0. The van der Waals surface area contributed by atoms with E-state index in [1.807, 2.05) is 0 Å². The molecule has 0 aromatic heterocycles. The van der Waals surface area contributed by atoms with Crippen molar-refractivity contribution in [2.24, 2.45) is 0 Å². The molecule has 108 valence electrons. The van der Waals surface area contributed by atoms with E-state index in [0.717, 1.165) is 18.3 Å². The number of hydrogen-bond donors (Lipinski definition) is 2. The van der Waals surface area contributed by atoms with Crippen molar-refractivity contribution in [3.63, 3.8) is 0 Å². The number of alkyl halides is 1. The van der Waals surface area contributed by atoms with Gasteiger partial charge in [0.1, 0.15) is 0 Å². The summed E-state index contributed by atoms with van der Waals surface area (Å²) in [6.45, 7) is 8.68. The van der Waals surface area contributed by atoms with Gasteiger partial charge >= 0.3 is 0 Å². The van der Waals surface area contributed by atoms with Crippen molar-refractivity contribution in [1.29, 1.82) is 0 Å². The fourth-order valence-corrected chi connectivity index (χ4v) is 1.99. The molecule has 0 amide bonds. The first kappa shape index (κ1) is 20.2. The molecule has 0 spiro atoms. The van der Waals surface area contributed by atoms with E-state index >= 15 is 0 Å². The topological polar surface area (TPSA) is 74.6 Å². The van der Waals surface area contributed by atoms with Crippen LogP contribution in [0.15, 0.2) is 12.1 Å². The van der Waals surface area contributed by atoms with E-state index in [0.29, 0.717) is 0 Å². The number of benzene rings is 1. The maximum Gasteiger partial charge on any atom is 0.300 e. The molecule has 5 heteroatoms. The van der Waals surface area contributed by atoms with Gasteiger partial charge in [0, 0.05) is 18.3 Å². The molecule has 1 rings (SSSR count). The van der Waals surface area contributed by atoms with E-state index in [1.165, 1.54) is 22.3 Å². The molecule has 4 nitrogen and oxygen atoms in total. The standard InChI is InChI=1S/C10H13I.2C2H4O2/c1-7-4-9(3)10(6-11)5-8(7)2;2*1-2(3)4/h4-5H,6H2,1-3H3;2*1H3,(H,3,4). The van der Waals surface area contributed by atoms with E-state index in [-0.39, 0.29) is 0 Å². The Kier molecular flexibility index (Phi) is 11.5. The lowest BCUT2D eigenvalue weighted by molar-refractivity contribution is -0.135. The Morgan fingerprint density at radius 3 is 1.58 bits per heavy atom. The van der Waals surface area contributed by atoms with Gasteiger partial charge in [-0.3, -0.25) is 9.59 Å². The van der Waals surface area contributed by atoms with Crippen molar-refractivity contribution >= 4 is 34.5 Å². The molecule has 19 heavy (non-hydrogen) atoms. The lowest BCUT2D eigenvalue weighted by Crippen LogP contribution is -1.89. The first-order valence-electron chi connectivity index (χ1n) is 5.63. The van der Waals surface area contributed by atoms with Crippen molar-refractivity contribution in [3.05, 3.63) is 34.4 Å². The van der Waals surface area contributed by atoms with Crippen LogP contribution in [0.4, 0.5) is 0 Å². The summed E-state index contributed by atoms with van der Waals surface area (Å²) < 4.78 is 1.12. The normalized spacial score (nSPS) is 8.53. The molecule has 2 N–H and O–H groups in total. The van der Waals surface area contributed by atoms with Gasteiger partial charge in [-0.1, -0.05) is 34.7 Å². The zero-order chi connectivity index (χ0) is 15.6. The van der Waals surface area contributed by atoms with E-state index in [2.05, 4.69) is 55.5 Å². The minimum atomic E-state index is -0.833. The van der Waals surface area contributed by atoms with E-state index in [9.17, 15) is 0 Å². The predicted molar refractivity (Wildman–Crippen MR) is 85.0 cm³/mol. The summed E-state index contributed by atoms with van der Waals surface area (Å²) in [7, 11) is 0. The second-order valence-corrected chi connectivity index (χ2v) is 4.80. The zero-order valence-corrected chi connectivity index (χ0v) is 14.1. The Morgan fingerprint density at radius 2 is 1.26 bits per heavy atom. The molecule has 0 saturated heterocycles. The van der Waals surface area contributed by atoms with Crippen LogP contribution in [0.1, 0.15) is 36.1 Å². The van der Waals surface area contributed by atoms with Crippen LogP contribution in [0.5, 0.6) is 0 Å². The molecule has 0 atom stereocenters.